The van der Waals surface area contributed by atoms with Crippen LogP contribution in [0.2, 0.25) is 0 Å². The molecule has 1 aromatic carbocycles. The lowest BCUT2D eigenvalue weighted by molar-refractivity contribution is -0.121. The smallest absolute Gasteiger partial charge is 0.244 e. The number of carbonyl (C=O) groups is 1. The summed E-state index contributed by atoms with van der Waals surface area (Å²) in [6.45, 7) is 1.85. The van der Waals surface area contributed by atoms with Crippen LogP contribution in [0.15, 0.2) is 24.3 Å². The average molecular weight is 244 g/mol. The first-order valence-electron chi connectivity index (χ1n) is 6.99. The van der Waals surface area contributed by atoms with Gasteiger partial charge in [-0.05, 0) is 43.9 Å². The minimum atomic E-state index is 0.0323. The fraction of sp³-hybridized carbons (Fsp3) is 0.533. The fourth-order valence-electron chi connectivity index (χ4n) is 3.01. The van der Waals surface area contributed by atoms with Crippen LogP contribution in [0.4, 0.5) is 5.69 Å². The van der Waals surface area contributed by atoms with Crippen molar-refractivity contribution in [3.63, 3.8) is 0 Å². The SMILES string of the molecule is O=C([C@H]1CCCCN1)N1CCCc2ccccc21. The molecule has 2 aliphatic rings. The van der Waals surface area contributed by atoms with Crippen LogP contribution in [0.5, 0.6) is 0 Å². The number of rotatable bonds is 1. The van der Waals surface area contributed by atoms with Crippen molar-refractivity contribution in [3.8, 4) is 0 Å². The Balaban J connectivity index is 1.82. The lowest BCUT2D eigenvalue weighted by atomic mass is 9.98. The average Bonchev–Trinajstić information content (AvgIpc) is 2.47. The Labute approximate surface area is 108 Å². The lowest BCUT2D eigenvalue weighted by Crippen LogP contribution is -2.50. The number of benzene rings is 1. The zero-order valence-electron chi connectivity index (χ0n) is 10.7. The van der Waals surface area contributed by atoms with Gasteiger partial charge in [-0.15, -0.1) is 0 Å². The van der Waals surface area contributed by atoms with Gasteiger partial charge in [0.2, 0.25) is 5.91 Å². The van der Waals surface area contributed by atoms with Crippen LogP contribution in [0, 0.1) is 0 Å². The molecule has 1 atom stereocenters. The number of hydrogen-bond acceptors (Lipinski definition) is 2. The highest BCUT2D eigenvalue weighted by molar-refractivity contribution is 5.98. The minimum Gasteiger partial charge on any atom is -0.311 e. The van der Waals surface area contributed by atoms with Crippen LogP contribution in [0.3, 0.4) is 0 Å². The molecule has 1 amide bonds. The van der Waals surface area contributed by atoms with E-state index in [-0.39, 0.29) is 11.9 Å². The molecule has 1 saturated heterocycles. The number of aryl methyl sites for hydroxylation is 1. The third-order valence-corrected chi connectivity index (χ3v) is 3.98. The van der Waals surface area contributed by atoms with Crippen molar-refractivity contribution in [2.45, 2.75) is 38.1 Å². The zero-order valence-corrected chi connectivity index (χ0v) is 10.7. The molecule has 3 heteroatoms. The van der Waals surface area contributed by atoms with Crippen LogP contribution in [0.25, 0.3) is 0 Å². The van der Waals surface area contributed by atoms with E-state index in [0.717, 1.165) is 38.0 Å². The van der Waals surface area contributed by atoms with E-state index < -0.39 is 0 Å². The van der Waals surface area contributed by atoms with E-state index in [1.54, 1.807) is 0 Å². The van der Waals surface area contributed by atoms with Gasteiger partial charge in [0.15, 0.2) is 0 Å². The molecule has 0 saturated carbocycles. The molecular weight excluding hydrogens is 224 g/mol. The predicted molar refractivity (Wildman–Crippen MR) is 72.8 cm³/mol. The molecule has 0 aliphatic carbocycles. The van der Waals surface area contributed by atoms with E-state index >= 15 is 0 Å². The number of amides is 1. The number of anilines is 1. The van der Waals surface area contributed by atoms with Crippen molar-refractivity contribution in [3.05, 3.63) is 29.8 Å². The molecule has 3 nitrogen and oxygen atoms in total. The molecule has 1 fully saturated rings. The number of carbonyl (C=O) groups excluding carboxylic acids is 1. The molecule has 0 radical (unpaired) electrons. The van der Waals surface area contributed by atoms with Crippen molar-refractivity contribution in [1.82, 2.24) is 5.32 Å². The molecule has 2 heterocycles. The van der Waals surface area contributed by atoms with Gasteiger partial charge >= 0.3 is 0 Å². The summed E-state index contributed by atoms with van der Waals surface area (Å²) in [5, 5.41) is 3.36. The maximum Gasteiger partial charge on any atom is 0.244 e. The van der Waals surface area contributed by atoms with Gasteiger partial charge in [0.25, 0.3) is 0 Å². The van der Waals surface area contributed by atoms with Crippen LogP contribution in [-0.4, -0.2) is 25.0 Å². The number of nitrogens with one attached hydrogen (secondary N) is 1. The number of piperidine rings is 1. The Morgan fingerprint density at radius 1 is 1.22 bits per heavy atom. The van der Waals surface area contributed by atoms with E-state index in [1.807, 2.05) is 11.0 Å². The molecular formula is C15H20N2O. The van der Waals surface area contributed by atoms with E-state index in [0.29, 0.717) is 0 Å². The summed E-state index contributed by atoms with van der Waals surface area (Å²) in [5.74, 6) is 0.266. The molecule has 1 N–H and O–H groups in total. The molecule has 0 unspecified atom stereocenters. The topological polar surface area (TPSA) is 32.3 Å². The van der Waals surface area contributed by atoms with Gasteiger partial charge in [0, 0.05) is 12.2 Å². The number of hydrogen-bond donors (Lipinski definition) is 1. The summed E-state index contributed by atoms with van der Waals surface area (Å²) in [7, 11) is 0. The Morgan fingerprint density at radius 3 is 2.94 bits per heavy atom. The van der Waals surface area contributed by atoms with Crippen molar-refractivity contribution in [2.24, 2.45) is 0 Å². The van der Waals surface area contributed by atoms with Gasteiger partial charge in [-0.2, -0.15) is 0 Å². The Kier molecular flexibility index (Phi) is 3.33. The summed E-state index contributed by atoms with van der Waals surface area (Å²) in [5.41, 5.74) is 2.44. The van der Waals surface area contributed by atoms with E-state index in [4.69, 9.17) is 0 Å². The predicted octanol–water partition coefficient (Wildman–Crippen LogP) is 2.11. The maximum atomic E-state index is 12.6. The van der Waals surface area contributed by atoms with Crippen molar-refractivity contribution in [1.29, 1.82) is 0 Å². The summed E-state index contributed by atoms with van der Waals surface area (Å²) in [4.78, 5) is 14.6. The van der Waals surface area contributed by atoms with Gasteiger partial charge in [-0.3, -0.25) is 4.79 Å². The van der Waals surface area contributed by atoms with E-state index in [2.05, 4.69) is 23.5 Å². The monoisotopic (exact) mass is 244 g/mol. The molecule has 1 aromatic rings. The Hall–Kier alpha value is -1.35. The highest BCUT2D eigenvalue weighted by atomic mass is 16.2. The molecule has 0 bridgehead atoms. The number of fused-ring (bicyclic) bond motifs is 1. The Morgan fingerprint density at radius 2 is 2.11 bits per heavy atom. The van der Waals surface area contributed by atoms with Crippen LogP contribution in [-0.2, 0) is 11.2 Å². The molecule has 96 valence electrons. The van der Waals surface area contributed by atoms with Gasteiger partial charge in [-0.25, -0.2) is 0 Å². The standard InChI is InChI=1S/C15H20N2O/c18-15(13-8-3-4-10-16-13)17-11-5-7-12-6-1-2-9-14(12)17/h1-2,6,9,13,16H,3-5,7-8,10-11H2/t13-/m1/s1. The first kappa shape index (κ1) is 11.7. The number of nitrogens with zero attached hydrogens (tertiary/aromatic N) is 1. The third kappa shape index (κ3) is 2.15. The third-order valence-electron chi connectivity index (χ3n) is 3.98. The second-order valence-corrected chi connectivity index (χ2v) is 5.22. The number of para-hydroxylation sites is 1. The highest BCUT2D eigenvalue weighted by Crippen LogP contribution is 2.27. The minimum absolute atomic E-state index is 0.0323. The fourth-order valence-corrected chi connectivity index (χ4v) is 3.01. The lowest BCUT2D eigenvalue weighted by Gasteiger charge is -2.34. The van der Waals surface area contributed by atoms with Gasteiger partial charge < -0.3 is 10.2 Å². The van der Waals surface area contributed by atoms with Gasteiger partial charge in [0.1, 0.15) is 0 Å². The molecule has 18 heavy (non-hydrogen) atoms. The van der Waals surface area contributed by atoms with E-state index in [9.17, 15) is 4.79 Å². The Bertz CT molecular complexity index is 438. The van der Waals surface area contributed by atoms with Crippen LogP contribution >= 0.6 is 0 Å². The second-order valence-electron chi connectivity index (χ2n) is 5.22. The molecule has 2 aliphatic heterocycles. The summed E-state index contributed by atoms with van der Waals surface area (Å²) >= 11 is 0. The van der Waals surface area contributed by atoms with Crippen LogP contribution in [0.1, 0.15) is 31.2 Å². The van der Waals surface area contributed by atoms with Crippen molar-refractivity contribution in [2.75, 3.05) is 18.0 Å². The summed E-state index contributed by atoms with van der Waals surface area (Å²) < 4.78 is 0. The van der Waals surface area contributed by atoms with Gasteiger partial charge in [0.05, 0.1) is 6.04 Å². The molecule has 3 rings (SSSR count). The molecule has 0 aromatic heterocycles. The van der Waals surface area contributed by atoms with Crippen LogP contribution < -0.4 is 10.2 Å². The zero-order chi connectivity index (χ0) is 12.4. The highest BCUT2D eigenvalue weighted by Gasteiger charge is 2.29. The van der Waals surface area contributed by atoms with E-state index in [1.165, 1.54) is 18.4 Å². The first-order chi connectivity index (χ1) is 8.86. The quantitative estimate of drug-likeness (QED) is 0.820. The summed E-state index contributed by atoms with van der Waals surface area (Å²) in [6, 6.07) is 8.34. The summed E-state index contributed by atoms with van der Waals surface area (Å²) in [6.07, 6.45) is 5.52. The van der Waals surface area contributed by atoms with Crippen molar-refractivity contribution >= 4 is 11.6 Å². The van der Waals surface area contributed by atoms with Gasteiger partial charge in [-0.1, -0.05) is 24.6 Å². The molecule has 0 spiro atoms. The van der Waals surface area contributed by atoms with Crippen molar-refractivity contribution < 1.29 is 4.79 Å². The first-order valence-corrected chi connectivity index (χ1v) is 6.99. The maximum absolute atomic E-state index is 12.6. The largest absolute Gasteiger partial charge is 0.311 e. The second kappa shape index (κ2) is 5.11. The normalized spacial score (nSPS) is 23.6.